The van der Waals surface area contributed by atoms with Gasteiger partial charge in [-0.3, -0.25) is 0 Å². The third kappa shape index (κ3) is 9.88. The van der Waals surface area contributed by atoms with E-state index in [9.17, 15) is 0 Å². The lowest BCUT2D eigenvalue weighted by atomic mass is 10.3. The first-order valence-electron chi connectivity index (χ1n) is 4.16. The van der Waals surface area contributed by atoms with E-state index in [0.717, 1.165) is 19.5 Å². The maximum absolute atomic E-state index is 8.89. The smallest absolute Gasteiger partial charge is 0.0636 e. The van der Waals surface area contributed by atoms with Gasteiger partial charge in [-0.1, -0.05) is 0 Å². The summed E-state index contributed by atoms with van der Waals surface area (Å²) in [6, 6.07) is 0. The Labute approximate surface area is 69.4 Å². The fourth-order valence-corrected chi connectivity index (χ4v) is 0.831. The quantitative estimate of drug-likeness (QED) is 0.533. The van der Waals surface area contributed by atoms with Gasteiger partial charge in [0.15, 0.2) is 0 Å². The van der Waals surface area contributed by atoms with Gasteiger partial charge < -0.3 is 15.3 Å². The second-order valence-electron chi connectivity index (χ2n) is 3.21. The summed E-state index contributed by atoms with van der Waals surface area (Å²) in [4.78, 5) is 2.16. The molecule has 0 aliphatic carbocycles. The fourth-order valence-electron chi connectivity index (χ4n) is 0.831. The molecule has 3 heteroatoms. The summed E-state index contributed by atoms with van der Waals surface area (Å²) in [6.07, 6.45) is 0.911. The molecule has 0 aromatic carbocycles. The van der Waals surface area contributed by atoms with Crippen LogP contribution < -0.4 is 5.32 Å². The van der Waals surface area contributed by atoms with Crippen molar-refractivity contribution in [3.8, 4) is 0 Å². The lowest BCUT2D eigenvalue weighted by Gasteiger charge is -2.10. The van der Waals surface area contributed by atoms with Crippen LogP contribution in [0, 0.1) is 0 Å². The summed E-state index contributed by atoms with van der Waals surface area (Å²) in [5, 5.41) is 12.1. The average Bonchev–Trinajstić information content (AvgIpc) is 1.85. The van der Waals surface area contributed by atoms with Crippen LogP contribution in [0.2, 0.25) is 0 Å². The third-order valence-electron chi connectivity index (χ3n) is 1.40. The molecule has 0 saturated heterocycles. The highest BCUT2D eigenvalue weighted by molar-refractivity contribution is 4.53. The van der Waals surface area contributed by atoms with E-state index < -0.39 is 0 Å². The van der Waals surface area contributed by atoms with Gasteiger partial charge in [0.2, 0.25) is 0 Å². The van der Waals surface area contributed by atoms with Crippen LogP contribution in [-0.4, -0.2) is 49.8 Å². The standard InChI is InChI=1S/C8H20N2O/c1-8(11)7-9-5-4-6-10(2)3/h8-9,11H,4-7H2,1-3H3/t8-/m1/s1. The predicted octanol–water partition coefficient (Wildman–Crippen LogP) is -0.0915. The molecule has 3 nitrogen and oxygen atoms in total. The summed E-state index contributed by atoms with van der Waals surface area (Å²) in [6.45, 7) is 4.59. The molecule has 0 spiro atoms. The van der Waals surface area contributed by atoms with Crippen molar-refractivity contribution in [2.75, 3.05) is 33.7 Å². The molecule has 0 fully saturated rings. The molecule has 1 atom stereocenters. The highest BCUT2D eigenvalue weighted by Gasteiger charge is 1.93. The van der Waals surface area contributed by atoms with Gasteiger partial charge in [0.25, 0.3) is 0 Å². The Hall–Kier alpha value is -0.120. The molecule has 0 heterocycles. The summed E-state index contributed by atoms with van der Waals surface area (Å²) in [5.41, 5.74) is 0. The molecule has 2 N–H and O–H groups in total. The highest BCUT2D eigenvalue weighted by atomic mass is 16.3. The van der Waals surface area contributed by atoms with Crippen molar-refractivity contribution >= 4 is 0 Å². The Bertz CT molecular complexity index is 74.2. The summed E-state index contributed by atoms with van der Waals surface area (Å²) < 4.78 is 0. The zero-order valence-corrected chi connectivity index (χ0v) is 7.80. The largest absolute Gasteiger partial charge is 0.392 e. The van der Waals surface area contributed by atoms with Crippen LogP contribution >= 0.6 is 0 Å². The molecule has 0 aromatic heterocycles. The number of hydrogen-bond acceptors (Lipinski definition) is 3. The normalized spacial score (nSPS) is 13.9. The average molecular weight is 160 g/mol. The topological polar surface area (TPSA) is 35.5 Å². The Morgan fingerprint density at radius 3 is 2.55 bits per heavy atom. The van der Waals surface area contributed by atoms with Crippen LogP contribution in [0.5, 0.6) is 0 Å². The van der Waals surface area contributed by atoms with Crippen LogP contribution in [0.25, 0.3) is 0 Å². The summed E-state index contributed by atoms with van der Waals surface area (Å²) >= 11 is 0. The molecule has 68 valence electrons. The van der Waals surface area contributed by atoms with E-state index in [1.165, 1.54) is 0 Å². The second-order valence-corrected chi connectivity index (χ2v) is 3.21. The molecule has 0 saturated carbocycles. The number of nitrogens with one attached hydrogen (secondary N) is 1. The minimum Gasteiger partial charge on any atom is -0.392 e. The first-order valence-corrected chi connectivity index (χ1v) is 4.16. The lowest BCUT2D eigenvalue weighted by Crippen LogP contribution is -2.27. The number of aliphatic hydroxyl groups is 1. The zero-order chi connectivity index (χ0) is 8.69. The summed E-state index contributed by atoms with van der Waals surface area (Å²) in [7, 11) is 4.13. The van der Waals surface area contributed by atoms with Gasteiger partial charge in [-0.15, -0.1) is 0 Å². The number of hydrogen-bond donors (Lipinski definition) is 2. The van der Waals surface area contributed by atoms with Gasteiger partial charge in [-0.2, -0.15) is 0 Å². The van der Waals surface area contributed by atoms with Crippen LogP contribution in [0.1, 0.15) is 13.3 Å². The maximum atomic E-state index is 8.89. The van der Waals surface area contributed by atoms with Crippen LogP contribution in [0.4, 0.5) is 0 Å². The maximum Gasteiger partial charge on any atom is 0.0636 e. The highest BCUT2D eigenvalue weighted by Crippen LogP contribution is 1.81. The third-order valence-corrected chi connectivity index (χ3v) is 1.40. The Morgan fingerprint density at radius 2 is 2.09 bits per heavy atom. The molecule has 0 rings (SSSR count). The van der Waals surface area contributed by atoms with Crippen molar-refractivity contribution in [1.82, 2.24) is 10.2 Å². The Kier molecular flexibility index (Phi) is 6.51. The Morgan fingerprint density at radius 1 is 1.45 bits per heavy atom. The fraction of sp³-hybridized carbons (Fsp3) is 1.00. The van der Waals surface area contributed by atoms with E-state index >= 15 is 0 Å². The molecule has 0 unspecified atom stereocenters. The first kappa shape index (κ1) is 10.9. The zero-order valence-electron chi connectivity index (χ0n) is 7.80. The number of rotatable bonds is 6. The van der Waals surface area contributed by atoms with Gasteiger partial charge in [0, 0.05) is 6.54 Å². The van der Waals surface area contributed by atoms with E-state index in [1.807, 2.05) is 0 Å². The number of aliphatic hydroxyl groups excluding tert-OH is 1. The SMILES string of the molecule is C[C@@H](O)CNCCCN(C)C. The molecular formula is C8H20N2O. The van der Waals surface area contributed by atoms with Crippen molar-refractivity contribution in [3.63, 3.8) is 0 Å². The van der Waals surface area contributed by atoms with Crippen molar-refractivity contribution in [1.29, 1.82) is 0 Å². The van der Waals surface area contributed by atoms with E-state index in [1.54, 1.807) is 6.92 Å². The van der Waals surface area contributed by atoms with E-state index in [-0.39, 0.29) is 6.10 Å². The molecule has 0 bridgehead atoms. The Balaban J connectivity index is 2.91. The van der Waals surface area contributed by atoms with Crippen LogP contribution in [0.3, 0.4) is 0 Å². The second kappa shape index (κ2) is 6.58. The van der Waals surface area contributed by atoms with E-state index in [2.05, 4.69) is 24.3 Å². The van der Waals surface area contributed by atoms with Crippen molar-refractivity contribution in [2.45, 2.75) is 19.4 Å². The minimum atomic E-state index is -0.227. The minimum absolute atomic E-state index is 0.227. The van der Waals surface area contributed by atoms with E-state index in [0.29, 0.717) is 6.54 Å². The van der Waals surface area contributed by atoms with Gasteiger partial charge in [0.05, 0.1) is 6.10 Å². The van der Waals surface area contributed by atoms with Gasteiger partial charge in [-0.05, 0) is 40.5 Å². The van der Waals surface area contributed by atoms with Gasteiger partial charge >= 0.3 is 0 Å². The molecular weight excluding hydrogens is 140 g/mol. The predicted molar refractivity (Wildman–Crippen MR) is 47.7 cm³/mol. The van der Waals surface area contributed by atoms with Gasteiger partial charge in [-0.25, -0.2) is 0 Å². The van der Waals surface area contributed by atoms with Crippen LogP contribution in [0.15, 0.2) is 0 Å². The molecule has 11 heavy (non-hydrogen) atoms. The van der Waals surface area contributed by atoms with E-state index in [4.69, 9.17) is 5.11 Å². The molecule has 0 aliphatic heterocycles. The summed E-state index contributed by atoms with van der Waals surface area (Å²) in [5.74, 6) is 0. The molecule has 0 amide bonds. The van der Waals surface area contributed by atoms with Crippen molar-refractivity contribution in [2.24, 2.45) is 0 Å². The molecule has 0 aliphatic rings. The number of nitrogens with zero attached hydrogens (tertiary/aromatic N) is 1. The van der Waals surface area contributed by atoms with Crippen molar-refractivity contribution in [3.05, 3.63) is 0 Å². The van der Waals surface area contributed by atoms with Gasteiger partial charge in [0.1, 0.15) is 0 Å². The first-order chi connectivity index (χ1) is 5.13. The lowest BCUT2D eigenvalue weighted by molar-refractivity contribution is 0.191. The monoisotopic (exact) mass is 160 g/mol. The molecule has 0 radical (unpaired) electrons. The van der Waals surface area contributed by atoms with Crippen molar-refractivity contribution < 1.29 is 5.11 Å². The van der Waals surface area contributed by atoms with Crippen LogP contribution in [-0.2, 0) is 0 Å². The molecule has 0 aromatic rings.